The van der Waals surface area contributed by atoms with Crippen molar-refractivity contribution >= 4 is 26.0 Å². The van der Waals surface area contributed by atoms with Crippen LogP contribution >= 0.6 is 15.9 Å². The van der Waals surface area contributed by atoms with Gasteiger partial charge in [0.1, 0.15) is 5.82 Å². The Kier molecular flexibility index (Phi) is 5.99. The van der Waals surface area contributed by atoms with Gasteiger partial charge >= 0.3 is 0 Å². The van der Waals surface area contributed by atoms with Crippen molar-refractivity contribution in [2.24, 2.45) is 5.92 Å². The van der Waals surface area contributed by atoms with E-state index in [9.17, 15) is 12.8 Å². The zero-order chi connectivity index (χ0) is 16.3. The molecule has 2 rings (SSSR count). The average Bonchev–Trinajstić information content (AvgIpc) is 2.49. The van der Waals surface area contributed by atoms with Crippen LogP contribution in [-0.2, 0) is 10.0 Å². The summed E-state index contributed by atoms with van der Waals surface area (Å²) in [5.74, 6) is 0.0771. The van der Waals surface area contributed by atoms with Crippen LogP contribution in [0.2, 0.25) is 0 Å². The number of piperidine rings is 1. The molecule has 0 bridgehead atoms. The molecule has 0 atom stereocenters. The van der Waals surface area contributed by atoms with Gasteiger partial charge in [0.2, 0.25) is 10.0 Å². The van der Waals surface area contributed by atoms with E-state index >= 15 is 0 Å². The highest BCUT2D eigenvalue weighted by molar-refractivity contribution is 9.10. The molecule has 124 valence electrons. The highest BCUT2D eigenvalue weighted by Crippen LogP contribution is 2.29. The summed E-state index contributed by atoms with van der Waals surface area (Å²) in [6, 6.07) is 2.62. The van der Waals surface area contributed by atoms with E-state index in [1.54, 1.807) is 6.92 Å². The molecular weight excluding hydrogens is 371 g/mol. The average molecular weight is 393 g/mol. The van der Waals surface area contributed by atoms with Crippen LogP contribution in [0.25, 0.3) is 0 Å². The third-order valence-corrected chi connectivity index (χ3v) is 6.74. The Balaban J connectivity index is 2.14. The number of halogens is 2. The summed E-state index contributed by atoms with van der Waals surface area (Å²) < 4.78 is 40.7. The molecule has 1 N–H and O–H groups in total. The molecule has 0 amide bonds. The van der Waals surface area contributed by atoms with Crippen LogP contribution in [0.5, 0.6) is 0 Å². The van der Waals surface area contributed by atoms with Gasteiger partial charge in [0.15, 0.2) is 0 Å². The first-order valence-electron chi connectivity index (χ1n) is 7.52. The van der Waals surface area contributed by atoms with E-state index in [4.69, 9.17) is 0 Å². The van der Waals surface area contributed by atoms with Gasteiger partial charge in [0, 0.05) is 13.1 Å². The lowest BCUT2D eigenvalue weighted by Gasteiger charge is -2.31. The van der Waals surface area contributed by atoms with Crippen LogP contribution < -0.4 is 5.32 Å². The zero-order valence-corrected chi connectivity index (χ0v) is 15.3. The van der Waals surface area contributed by atoms with E-state index in [0.717, 1.165) is 25.9 Å². The molecule has 1 aromatic rings. The largest absolute Gasteiger partial charge is 0.317 e. The number of rotatable bonds is 5. The van der Waals surface area contributed by atoms with Crippen molar-refractivity contribution in [2.75, 3.05) is 26.2 Å². The summed E-state index contributed by atoms with van der Waals surface area (Å²) in [5, 5.41) is 3.31. The van der Waals surface area contributed by atoms with Crippen LogP contribution in [0.15, 0.2) is 21.5 Å². The Morgan fingerprint density at radius 3 is 2.59 bits per heavy atom. The van der Waals surface area contributed by atoms with Gasteiger partial charge in [-0.05, 0) is 72.4 Å². The van der Waals surface area contributed by atoms with Crippen LogP contribution in [0.1, 0.15) is 25.3 Å². The maximum atomic E-state index is 13.5. The zero-order valence-electron chi connectivity index (χ0n) is 12.9. The fraction of sp³-hybridized carbons (Fsp3) is 0.600. The van der Waals surface area contributed by atoms with Gasteiger partial charge in [0.05, 0.1) is 9.37 Å². The Bertz CT molecular complexity index is 629. The summed E-state index contributed by atoms with van der Waals surface area (Å²) in [6.45, 7) is 6.60. The second-order valence-corrected chi connectivity index (χ2v) is 8.45. The molecule has 7 heteroatoms. The molecule has 1 fully saturated rings. The molecule has 1 aliphatic heterocycles. The number of hydrogen-bond donors (Lipinski definition) is 1. The van der Waals surface area contributed by atoms with Crippen LogP contribution in [0.3, 0.4) is 0 Å². The quantitative estimate of drug-likeness (QED) is 0.837. The van der Waals surface area contributed by atoms with E-state index in [2.05, 4.69) is 28.2 Å². The molecule has 22 heavy (non-hydrogen) atoms. The van der Waals surface area contributed by atoms with Crippen LogP contribution in [0.4, 0.5) is 4.39 Å². The van der Waals surface area contributed by atoms with Crippen molar-refractivity contribution in [3.8, 4) is 0 Å². The Morgan fingerprint density at radius 2 is 2.00 bits per heavy atom. The van der Waals surface area contributed by atoms with E-state index in [0.29, 0.717) is 24.6 Å². The van der Waals surface area contributed by atoms with Gasteiger partial charge in [-0.2, -0.15) is 4.31 Å². The maximum Gasteiger partial charge on any atom is 0.243 e. The lowest BCUT2D eigenvalue weighted by molar-refractivity contribution is 0.268. The third kappa shape index (κ3) is 3.88. The first-order valence-corrected chi connectivity index (χ1v) is 9.76. The molecule has 0 aromatic heterocycles. The van der Waals surface area contributed by atoms with Crippen molar-refractivity contribution in [3.63, 3.8) is 0 Å². The minimum Gasteiger partial charge on any atom is -0.317 e. The van der Waals surface area contributed by atoms with Crippen molar-refractivity contribution in [3.05, 3.63) is 28.0 Å². The topological polar surface area (TPSA) is 49.4 Å². The number of nitrogens with zero attached hydrogens (tertiary/aromatic N) is 1. The monoisotopic (exact) mass is 392 g/mol. The molecule has 1 aromatic carbocycles. The summed E-state index contributed by atoms with van der Waals surface area (Å²) in [4.78, 5) is 0.186. The Labute approximate surface area is 140 Å². The number of aryl methyl sites for hydroxylation is 1. The summed E-state index contributed by atoms with van der Waals surface area (Å²) in [7, 11) is -3.56. The summed E-state index contributed by atoms with van der Waals surface area (Å²) in [6.07, 6.45) is 1.71. The van der Waals surface area contributed by atoms with Crippen molar-refractivity contribution < 1.29 is 12.8 Å². The number of hydrogen-bond acceptors (Lipinski definition) is 3. The highest BCUT2D eigenvalue weighted by Gasteiger charge is 2.30. The molecule has 0 unspecified atom stereocenters. The number of sulfonamides is 1. The predicted octanol–water partition coefficient (Wildman–Crippen LogP) is 2.91. The van der Waals surface area contributed by atoms with E-state index in [-0.39, 0.29) is 9.37 Å². The van der Waals surface area contributed by atoms with Gasteiger partial charge in [-0.1, -0.05) is 6.92 Å². The third-order valence-electron chi connectivity index (χ3n) is 4.09. The highest BCUT2D eigenvalue weighted by atomic mass is 79.9. The Morgan fingerprint density at radius 1 is 1.36 bits per heavy atom. The van der Waals surface area contributed by atoms with Gasteiger partial charge in [-0.15, -0.1) is 0 Å². The molecule has 0 radical (unpaired) electrons. The molecule has 1 heterocycles. The molecule has 1 saturated heterocycles. The smallest absolute Gasteiger partial charge is 0.243 e. The molecule has 0 aliphatic carbocycles. The molecule has 1 aliphatic rings. The second-order valence-electron chi connectivity index (χ2n) is 5.69. The number of nitrogens with one attached hydrogen (secondary N) is 1. The predicted molar refractivity (Wildman–Crippen MR) is 88.9 cm³/mol. The van der Waals surface area contributed by atoms with E-state index in [1.165, 1.54) is 16.4 Å². The fourth-order valence-corrected chi connectivity index (χ4v) is 4.94. The molecular formula is C15H22BrFN2O2S. The van der Waals surface area contributed by atoms with E-state index < -0.39 is 15.8 Å². The van der Waals surface area contributed by atoms with E-state index in [1.807, 2.05) is 0 Å². The van der Waals surface area contributed by atoms with Gasteiger partial charge < -0.3 is 5.32 Å². The normalized spacial score (nSPS) is 17.8. The summed E-state index contributed by atoms with van der Waals surface area (Å²) >= 11 is 3.07. The van der Waals surface area contributed by atoms with Gasteiger partial charge in [0.25, 0.3) is 0 Å². The Hall–Kier alpha value is -0.500. The lowest BCUT2D eigenvalue weighted by atomic mass is 9.98. The number of benzene rings is 1. The first kappa shape index (κ1) is 17.8. The molecule has 0 saturated carbocycles. The van der Waals surface area contributed by atoms with Crippen molar-refractivity contribution in [1.82, 2.24) is 9.62 Å². The van der Waals surface area contributed by atoms with Crippen LogP contribution in [-0.4, -0.2) is 38.9 Å². The first-order chi connectivity index (χ1) is 10.4. The lowest BCUT2D eigenvalue weighted by Crippen LogP contribution is -2.40. The van der Waals surface area contributed by atoms with Crippen molar-refractivity contribution in [2.45, 2.75) is 31.6 Å². The van der Waals surface area contributed by atoms with Crippen LogP contribution in [0, 0.1) is 18.7 Å². The molecule has 0 spiro atoms. The SMILES string of the molecule is CCNCC1CCN(S(=O)(=O)c2cc(Br)c(F)cc2C)CC1. The minimum absolute atomic E-state index is 0.179. The fourth-order valence-electron chi connectivity index (χ4n) is 2.75. The second kappa shape index (κ2) is 7.38. The minimum atomic E-state index is -3.56. The van der Waals surface area contributed by atoms with Crippen molar-refractivity contribution in [1.29, 1.82) is 0 Å². The van der Waals surface area contributed by atoms with Gasteiger partial charge in [-0.3, -0.25) is 0 Å². The standard InChI is InChI=1S/C15H22BrFN2O2S/c1-3-18-10-12-4-6-19(7-5-12)22(20,21)15-9-13(16)14(17)8-11(15)2/h8-9,12,18H,3-7,10H2,1-2H3. The molecule has 4 nitrogen and oxygen atoms in total. The maximum absolute atomic E-state index is 13.5. The summed E-state index contributed by atoms with van der Waals surface area (Å²) in [5.41, 5.74) is 0.440. The van der Waals surface area contributed by atoms with Gasteiger partial charge in [-0.25, -0.2) is 12.8 Å².